The van der Waals surface area contributed by atoms with E-state index in [-0.39, 0.29) is 5.69 Å². The van der Waals surface area contributed by atoms with Crippen molar-refractivity contribution in [2.45, 2.75) is 25.0 Å². The van der Waals surface area contributed by atoms with Crippen LogP contribution in [0.4, 0.5) is 0 Å². The molecule has 0 spiro atoms. The topological polar surface area (TPSA) is 92.6 Å². The van der Waals surface area contributed by atoms with Crippen molar-refractivity contribution in [3.8, 4) is 0 Å². The van der Waals surface area contributed by atoms with Crippen LogP contribution in [-0.4, -0.2) is 34.2 Å². The number of likely N-dealkylation sites (tertiary alicyclic amines) is 1. The van der Waals surface area contributed by atoms with Gasteiger partial charge in [0.2, 0.25) is 0 Å². The summed E-state index contributed by atoms with van der Waals surface area (Å²) in [6.45, 7) is 2.06. The highest BCUT2D eigenvalue weighted by Gasteiger charge is 2.34. The van der Waals surface area contributed by atoms with Gasteiger partial charge in [0.15, 0.2) is 11.5 Å². The molecule has 3 rings (SSSR count). The fourth-order valence-electron chi connectivity index (χ4n) is 2.84. The number of primary amides is 1. The number of carbonyl (C=O) groups is 1. The summed E-state index contributed by atoms with van der Waals surface area (Å²) >= 11 is 0. The zero-order valence-electron chi connectivity index (χ0n) is 12.2. The number of nitrogens with two attached hydrogens (primary N) is 1. The Morgan fingerprint density at radius 2 is 2.00 bits per heavy atom. The maximum atomic E-state index is 11.0. The highest BCUT2D eigenvalue weighted by atomic mass is 16.5. The molecule has 22 heavy (non-hydrogen) atoms. The number of benzene rings is 1. The smallest absolute Gasteiger partial charge is 0.270 e. The highest BCUT2D eigenvalue weighted by molar-refractivity contribution is 5.90. The van der Waals surface area contributed by atoms with Crippen molar-refractivity contribution in [2.24, 2.45) is 5.73 Å². The van der Waals surface area contributed by atoms with Crippen molar-refractivity contribution >= 4 is 5.91 Å². The minimum absolute atomic E-state index is 0.146. The Labute approximate surface area is 128 Å². The fourth-order valence-corrected chi connectivity index (χ4v) is 2.84. The number of carbonyl (C=O) groups excluding carboxylic acids is 1. The molecular formula is C16H19N3O3. The molecule has 2 aromatic rings. The Hall–Kier alpha value is -2.18. The van der Waals surface area contributed by atoms with E-state index in [4.69, 9.17) is 10.3 Å². The van der Waals surface area contributed by atoms with Crippen molar-refractivity contribution in [2.75, 3.05) is 13.1 Å². The molecule has 0 radical (unpaired) electrons. The Morgan fingerprint density at radius 3 is 2.59 bits per heavy atom. The molecule has 1 aliphatic rings. The normalized spacial score (nSPS) is 18.2. The third-order valence-corrected chi connectivity index (χ3v) is 4.19. The minimum atomic E-state index is -0.766. The second-order valence-corrected chi connectivity index (χ2v) is 5.72. The largest absolute Gasteiger partial charge is 0.385 e. The van der Waals surface area contributed by atoms with Crippen LogP contribution in [0.1, 0.15) is 34.7 Å². The summed E-state index contributed by atoms with van der Waals surface area (Å²) in [6.07, 6.45) is 1.32. The van der Waals surface area contributed by atoms with Crippen molar-refractivity contribution in [3.63, 3.8) is 0 Å². The lowest BCUT2D eigenvalue weighted by Crippen LogP contribution is -2.42. The van der Waals surface area contributed by atoms with Crippen molar-refractivity contribution in [1.82, 2.24) is 10.1 Å². The summed E-state index contributed by atoms with van der Waals surface area (Å²) < 4.78 is 5.11. The van der Waals surface area contributed by atoms with Gasteiger partial charge in [0.1, 0.15) is 0 Å². The van der Waals surface area contributed by atoms with E-state index in [9.17, 15) is 9.90 Å². The molecule has 2 heterocycles. The van der Waals surface area contributed by atoms with Crippen LogP contribution in [0.5, 0.6) is 0 Å². The number of hydrogen-bond acceptors (Lipinski definition) is 5. The molecule has 1 saturated heterocycles. The van der Waals surface area contributed by atoms with Gasteiger partial charge in [0, 0.05) is 19.2 Å². The van der Waals surface area contributed by atoms with Crippen LogP contribution >= 0.6 is 0 Å². The molecule has 116 valence electrons. The van der Waals surface area contributed by atoms with Gasteiger partial charge >= 0.3 is 0 Å². The summed E-state index contributed by atoms with van der Waals surface area (Å²) in [5, 5.41) is 14.4. The van der Waals surface area contributed by atoms with Crippen LogP contribution in [0.15, 0.2) is 40.9 Å². The van der Waals surface area contributed by atoms with E-state index in [0.29, 0.717) is 25.1 Å². The van der Waals surface area contributed by atoms with Crippen LogP contribution in [0.25, 0.3) is 0 Å². The maximum Gasteiger partial charge on any atom is 0.270 e. The van der Waals surface area contributed by atoms with E-state index >= 15 is 0 Å². The molecular weight excluding hydrogens is 282 g/mol. The van der Waals surface area contributed by atoms with E-state index < -0.39 is 11.5 Å². The van der Waals surface area contributed by atoms with E-state index in [1.54, 1.807) is 6.07 Å². The molecule has 0 aliphatic carbocycles. The van der Waals surface area contributed by atoms with Gasteiger partial charge in [-0.1, -0.05) is 35.5 Å². The second-order valence-electron chi connectivity index (χ2n) is 5.72. The first-order valence-corrected chi connectivity index (χ1v) is 7.32. The molecule has 0 saturated carbocycles. The van der Waals surface area contributed by atoms with Crippen LogP contribution in [0, 0.1) is 0 Å². The zero-order valence-corrected chi connectivity index (χ0v) is 12.2. The Morgan fingerprint density at radius 1 is 1.32 bits per heavy atom. The number of aromatic nitrogens is 1. The van der Waals surface area contributed by atoms with Gasteiger partial charge in [-0.15, -0.1) is 0 Å². The molecule has 1 amide bonds. The third kappa shape index (κ3) is 3.03. The lowest BCUT2D eigenvalue weighted by Gasteiger charge is -2.38. The van der Waals surface area contributed by atoms with Gasteiger partial charge < -0.3 is 15.4 Å². The van der Waals surface area contributed by atoms with Gasteiger partial charge in [-0.2, -0.15) is 0 Å². The predicted molar refractivity (Wildman–Crippen MR) is 79.9 cm³/mol. The van der Waals surface area contributed by atoms with Crippen LogP contribution < -0.4 is 5.73 Å². The van der Waals surface area contributed by atoms with E-state index in [0.717, 1.165) is 18.7 Å². The van der Waals surface area contributed by atoms with Crippen LogP contribution in [0.2, 0.25) is 0 Å². The fraction of sp³-hybridized carbons (Fsp3) is 0.375. The predicted octanol–water partition coefficient (Wildman–Crippen LogP) is 1.26. The molecule has 1 aliphatic heterocycles. The summed E-state index contributed by atoms with van der Waals surface area (Å²) in [6, 6.07) is 11.3. The zero-order chi connectivity index (χ0) is 15.6. The lowest BCUT2D eigenvalue weighted by atomic mass is 9.84. The number of hydrogen-bond donors (Lipinski definition) is 2. The number of rotatable bonds is 4. The summed E-state index contributed by atoms with van der Waals surface area (Å²) in [5.41, 5.74) is 5.50. The van der Waals surface area contributed by atoms with Gasteiger partial charge in [0.05, 0.1) is 12.1 Å². The summed E-state index contributed by atoms with van der Waals surface area (Å²) in [5.74, 6) is 0.0195. The summed E-state index contributed by atoms with van der Waals surface area (Å²) in [4.78, 5) is 13.2. The SMILES string of the molecule is NC(=O)c1cc(CN2CCC(O)(c3ccccc3)CC2)on1. The molecule has 0 atom stereocenters. The van der Waals surface area contributed by atoms with Gasteiger partial charge in [-0.3, -0.25) is 9.69 Å². The maximum absolute atomic E-state index is 11.0. The average Bonchev–Trinajstić information content (AvgIpc) is 3.00. The van der Waals surface area contributed by atoms with Gasteiger partial charge in [0.25, 0.3) is 5.91 Å². The quantitative estimate of drug-likeness (QED) is 0.887. The van der Waals surface area contributed by atoms with Crippen molar-refractivity contribution in [1.29, 1.82) is 0 Å². The van der Waals surface area contributed by atoms with Gasteiger partial charge in [-0.05, 0) is 18.4 Å². The molecule has 1 fully saturated rings. The molecule has 0 bridgehead atoms. The second kappa shape index (κ2) is 5.90. The van der Waals surface area contributed by atoms with Crippen LogP contribution in [0.3, 0.4) is 0 Å². The third-order valence-electron chi connectivity index (χ3n) is 4.19. The van der Waals surface area contributed by atoms with Crippen molar-refractivity contribution < 1.29 is 14.4 Å². The number of nitrogens with zero attached hydrogens (tertiary/aromatic N) is 2. The van der Waals surface area contributed by atoms with E-state index in [2.05, 4.69) is 10.1 Å². The summed E-state index contributed by atoms with van der Waals surface area (Å²) in [7, 11) is 0. The van der Waals surface area contributed by atoms with Crippen molar-refractivity contribution in [3.05, 3.63) is 53.4 Å². The Bertz CT molecular complexity index is 646. The van der Waals surface area contributed by atoms with Gasteiger partial charge in [-0.25, -0.2) is 0 Å². The lowest BCUT2D eigenvalue weighted by molar-refractivity contribution is -0.0292. The Balaban J connectivity index is 1.60. The molecule has 6 heteroatoms. The first-order valence-electron chi connectivity index (χ1n) is 7.32. The standard InChI is InChI=1S/C16H19N3O3/c17-15(20)14-10-13(22-18-14)11-19-8-6-16(21,7-9-19)12-4-2-1-3-5-12/h1-5,10,21H,6-9,11H2,(H2,17,20). The first kappa shape index (κ1) is 14.7. The van der Waals surface area contributed by atoms with E-state index in [1.807, 2.05) is 30.3 Å². The Kier molecular flexibility index (Phi) is 3.96. The number of aliphatic hydroxyl groups is 1. The molecule has 6 nitrogen and oxygen atoms in total. The molecule has 1 aromatic carbocycles. The van der Waals surface area contributed by atoms with Crippen LogP contribution in [-0.2, 0) is 12.1 Å². The number of piperidine rings is 1. The molecule has 3 N–H and O–H groups in total. The first-order chi connectivity index (χ1) is 10.6. The van der Waals surface area contributed by atoms with E-state index in [1.165, 1.54) is 0 Å². The molecule has 0 unspecified atom stereocenters. The minimum Gasteiger partial charge on any atom is -0.385 e. The highest BCUT2D eigenvalue weighted by Crippen LogP contribution is 2.33. The molecule has 1 aromatic heterocycles. The average molecular weight is 301 g/mol. The monoisotopic (exact) mass is 301 g/mol. The number of amides is 1.